The highest BCUT2D eigenvalue weighted by atomic mass is 35.5. The van der Waals surface area contributed by atoms with Gasteiger partial charge in [-0.25, -0.2) is 4.39 Å². The number of nitrogens with one attached hydrogen (secondary N) is 1. The Morgan fingerprint density at radius 1 is 1.64 bits per heavy atom. The zero-order valence-electron chi connectivity index (χ0n) is 7.18. The summed E-state index contributed by atoms with van der Waals surface area (Å²) in [6, 6.07) is 4.03. The first-order valence-electron chi connectivity index (χ1n) is 3.82. The molecule has 72 valence electrons. The van der Waals surface area contributed by atoms with Gasteiger partial charge in [-0.1, -0.05) is 23.6 Å². The Hall–Kier alpha value is -1.53. The normalized spacial score (nSPS) is 9.21. The summed E-state index contributed by atoms with van der Waals surface area (Å²) in [5.41, 5.74) is -0.176. The monoisotopic (exact) mass is 211 g/mol. The summed E-state index contributed by atoms with van der Waals surface area (Å²) in [5.74, 6) is 0.944. The van der Waals surface area contributed by atoms with Crippen LogP contribution in [-0.2, 0) is 0 Å². The SMILES string of the molecule is C#CCNC(=O)c1c(F)cccc1Cl. The van der Waals surface area contributed by atoms with E-state index in [0.717, 1.165) is 6.07 Å². The molecular weight excluding hydrogens is 205 g/mol. The average molecular weight is 212 g/mol. The number of amides is 1. The lowest BCUT2D eigenvalue weighted by molar-refractivity contribution is 0.0955. The van der Waals surface area contributed by atoms with E-state index in [-0.39, 0.29) is 17.1 Å². The Balaban J connectivity index is 2.95. The number of halogens is 2. The van der Waals surface area contributed by atoms with Crippen molar-refractivity contribution in [3.05, 3.63) is 34.6 Å². The van der Waals surface area contributed by atoms with Gasteiger partial charge in [0, 0.05) is 0 Å². The van der Waals surface area contributed by atoms with Crippen molar-refractivity contribution >= 4 is 17.5 Å². The summed E-state index contributed by atoms with van der Waals surface area (Å²) in [6.45, 7) is 0.0451. The fourth-order valence-corrected chi connectivity index (χ4v) is 1.18. The standard InChI is InChI=1S/C10H7ClFNO/c1-2-6-13-10(14)9-7(11)4-3-5-8(9)12/h1,3-5H,6H2,(H,13,14). The quantitative estimate of drug-likeness (QED) is 0.744. The summed E-state index contributed by atoms with van der Waals surface area (Å²) in [5, 5.41) is 2.40. The Kier molecular flexibility index (Phi) is 3.49. The molecule has 0 fully saturated rings. The topological polar surface area (TPSA) is 29.1 Å². The van der Waals surface area contributed by atoms with E-state index in [1.54, 1.807) is 0 Å². The van der Waals surface area contributed by atoms with Crippen molar-refractivity contribution in [3.8, 4) is 12.3 Å². The molecule has 0 unspecified atom stereocenters. The van der Waals surface area contributed by atoms with Crippen LogP contribution in [0.1, 0.15) is 10.4 Å². The average Bonchev–Trinajstić information content (AvgIpc) is 2.14. The van der Waals surface area contributed by atoms with Gasteiger partial charge in [0.15, 0.2) is 0 Å². The van der Waals surface area contributed by atoms with Crippen LogP contribution in [-0.4, -0.2) is 12.5 Å². The number of rotatable bonds is 2. The van der Waals surface area contributed by atoms with E-state index in [0.29, 0.717) is 0 Å². The molecule has 1 aromatic carbocycles. The van der Waals surface area contributed by atoms with Gasteiger partial charge < -0.3 is 5.32 Å². The molecule has 0 bridgehead atoms. The van der Waals surface area contributed by atoms with E-state index in [1.165, 1.54) is 12.1 Å². The molecule has 14 heavy (non-hydrogen) atoms. The molecule has 0 aliphatic carbocycles. The first-order valence-corrected chi connectivity index (χ1v) is 4.20. The fraction of sp³-hybridized carbons (Fsp3) is 0.100. The molecule has 4 heteroatoms. The van der Waals surface area contributed by atoms with Gasteiger partial charge >= 0.3 is 0 Å². The minimum absolute atomic E-state index is 0.0451. The number of carbonyl (C=O) groups excluding carboxylic acids is 1. The third kappa shape index (κ3) is 2.24. The van der Waals surface area contributed by atoms with Gasteiger partial charge in [0.2, 0.25) is 0 Å². The summed E-state index contributed by atoms with van der Waals surface area (Å²) in [6.07, 6.45) is 4.94. The van der Waals surface area contributed by atoms with Gasteiger partial charge in [0.1, 0.15) is 5.82 Å². The van der Waals surface area contributed by atoms with Crippen LogP contribution in [0.2, 0.25) is 5.02 Å². The smallest absolute Gasteiger partial charge is 0.256 e. The van der Waals surface area contributed by atoms with E-state index >= 15 is 0 Å². The maximum Gasteiger partial charge on any atom is 0.256 e. The molecule has 1 amide bonds. The molecule has 1 N–H and O–H groups in total. The van der Waals surface area contributed by atoms with Gasteiger partial charge in [-0.15, -0.1) is 6.42 Å². The third-order valence-corrected chi connectivity index (χ3v) is 1.86. The van der Waals surface area contributed by atoms with Crippen LogP contribution < -0.4 is 5.32 Å². The predicted octanol–water partition coefficient (Wildman–Crippen LogP) is 1.84. The van der Waals surface area contributed by atoms with Gasteiger partial charge in [-0.3, -0.25) is 4.79 Å². The summed E-state index contributed by atoms with van der Waals surface area (Å²) < 4.78 is 13.1. The summed E-state index contributed by atoms with van der Waals surface area (Å²) in [7, 11) is 0. The maximum atomic E-state index is 13.1. The fourth-order valence-electron chi connectivity index (χ4n) is 0.934. The van der Waals surface area contributed by atoms with Crippen LogP contribution in [0.3, 0.4) is 0 Å². The zero-order chi connectivity index (χ0) is 10.6. The molecule has 0 aliphatic heterocycles. The summed E-state index contributed by atoms with van der Waals surface area (Å²) >= 11 is 5.65. The van der Waals surface area contributed by atoms with Crippen molar-refractivity contribution in [1.82, 2.24) is 5.32 Å². The molecule has 0 heterocycles. The first kappa shape index (κ1) is 10.6. The molecule has 0 saturated carbocycles. The van der Waals surface area contributed by atoms with Crippen molar-refractivity contribution in [2.75, 3.05) is 6.54 Å². The first-order chi connectivity index (χ1) is 6.66. The second kappa shape index (κ2) is 4.64. The molecule has 2 nitrogen and oxygen atoms in total. The Morgan fingerprint density at radius 3 is 2.93 bits per heavy atom. The van der Waals surface area contributed by atoms with E-state index in [2.05, 4.69) is 11.2 Å². The van der Waals surface area contributed by atoms with E-state index in [4.69, 9.17) is 18.0 Å². The highest BCUT2D eigenvalue weighted by Crippen LogP contribution is 2.18. The number of hydrogen-bond donors (Lipinski definition) is 1. The Morgan fingerprint density at radius 2 is 2.36 bits per heavy atom. The lowest BCUT2D eigenvalue weighted by Gasteiger charge is -2.04. The third-order valence-electron chi connectivity index (χ3n) is 1.54. The van der Waals surface area contributed by atoms with Crippen molar-refractivity contribution in [1.29, 1.82) is 0 Å². The van der Waals surface area contributed by atoms with Crippen molar-refractivity contribution < 1.29 is 9.18 Å². The van der Waals surface area contributed by atoms with E-state index < -0.39 is 11.7 Å². The highest BCUT2D eigenvalue weighted by molar-refractivity contribution is 6.33. The van der Waals surface area contributed by atoms with Gasteiger partial charge in [-0.05, 0) is 12.1 Å². The Labute approximate surface area is 86.1 Å². The highest BCUT2D eigenvalue weighted by Gasteiger charge is 2.14. The van der Waals surface area contributed by atoms with Gasteiger partial charge in [0.25, 0.3) is 5.91 Å². The summed E-state index contributed by atoms with van der Waals surface area (Å²) in [4.78, 5) is 11.3. The van der Waals surface area contributed by atoms with Gasteiger partial charge in [-0.2, -0.15) is 0 Å². The Bertz CT molecular complexity index is 377. The molecule has 0 aromatic heterocycles. The molecule has 1 aromatic rings. The van der Waals surface area contributed by atoms with Crippen LogP contribution in [0.4, 0.5) is 4.39 Å². The van der Waals surface area contributed by atoms with Crippen LogP contribution in [0.5, 0.6) is 0 Å². The van der Waals surface area contributed by atoms with Gasteiger partial charge in [0.05, 0.1) is 17.1 Å². The molecule has 0 saturated heterocycles. The predicted molar refractivity (Wildman–Crippen MR) is 52.6 cm³/mol. The number of carbonyl (C=O) groups is 1. The minimum atomic E-state index is -0.660. The number of benzene rings is 1. The number of terminal acetylenes is 1. The lowest BCUT2D eigenvalue weighted by atomic mass is 10.2. The largest absolute Gasteiger partial charge is 0.341 e. The zero-order valence-corrected chi connectivity index (χ0v) is 7.94. The van der Waals surface area contributed by atoms with Crippen molar-refractivity contribution in [2.45, 2.75) is 0 Å². The lowest BCUT2D eigenvalue weighted by Crippen LogP contribution is -2.24. The molecular formula is C10H7ClFNO. The van der Waals surface area contributed by atoms with Crippen LogP contribution >= 0.6 is 11.6 Å². The second-order valence-electron chi connectivity index (χ2n) is 2.48. The maximum absolute atomic E-state index is 13.1. The molecule has 0 spiro atoms. The van der Waals surface area contributed by atoms with Crippen molar-refractivity contribution in [2.24, 2.45) is 0 Å². The van der Waals surface area contributed by atoms with Crippen molar-refractivity contribution in [3.63, 3.8) is 0 Å². The molecule has 0 atom stereocenters. The van der Waals surface area contributed by atoms with E-state index in [9.17, 15) is 9.18 Å². The molecule has 0 radical (unpaired) electrons. The molecule has 0 aliphatic rings. The van der Waals surface area contributed by atoms with E-state index in [1.807, 2.05) is 0 Å². The number of hydrogen-bond acceptors (Lipinski definition) is 1. The van der Waals surface area contributed by atoms with Crippen LogP contribution in [0.15, 0.2) is 18.2 Å². The van der Waals surface area contributed by atoms with Crippen LogP contribution in [0, 0.1) is 18.2 Å². The van der Waals surface area contributed by atoms with Crippen LogP contribution in [0.25, 0.3) is 0 Å². The molecule has 1 rings (SSSR count). The second-order valence-corrected chi connectivity index (χ2v) is 2.89. The minimum Gasteiger partial charge on any atom is -0.341 e.